The van der Waals surface area contributed by atoms with Gasteiger partial charge < -0.3 is 9.64 Å². The van der Waals surface area contributed by atoms with E-state index in [0.717, 1.165) is 35.7 Å². The highest BCUT2D eigenvalue weighted by Gasteiger charge is 2.55. The lowest BCUT2D eigenvalue weighted by Crippen LogP contribution is -2.67. The molecule has 198 valence electrons. The maximum absolute atomic E-state index is 14.7. The summed E-state index contributed by atoms with van der Waals surface area (Å²) in [5.74, 6) is -2.79. The largest absolute Gasteiger partial charge is 0.469 e. The van der Waals surface area contributed by atoms with Gasteiger partial charge in [0.05, 0.1) is 17.7 Å². The van der Waals surface area contributed by atoms with Crippen LogP contribution in [0.3, 0.4) is 0 Å². The Kier molecular flexibility index (Phi) is 7.45. The van der Waals surface area contributed by atoms with Gasteiger partial charge in [0.15, 0.2) is 11.6 Å². The molecule has 37 heavy (non-hydrogen) atoms. The zero-order valence-electron chi connectivity index (χ0n) is 19.9. The second kappa shape index (κ2) is 10.3. The summed E-state index contributed by atoms with van der Waals surface area (Å²) >= 11 is 5.80. The number of carbonyl (C=O) groups excluding carboxylic acids is 3. The van der Waals surface area contributed by atoms with E-state index >= 15 is 0 Å². The number of methoxy groups -OCH3 is 1. The van der Waals surface area contributed by atoms with Crippen LogP contribution >= 0.6 is 11.6 Å². The summed E-state index contributed by atoms with van der Waals surface area (Å²) in [4.78, 5) is 45.4. The van der Waals surface area contributed by atoms with E-state index in [0.29, 0.717) is 18.4 Å². The van der Waals surface area contributed by atoms with E-state index in [1.807, 2.05) is 0 Å². The fraction of sp³-hybridized carbons (Fsp3) is 0.440. The SMILES string of the molecule is COC(=O)CCC1(C2C(=O)N(c3ncc(Cl)cc3F)CC(=O)N2Cc2ccc(C(F)(F)F)cc2)CCC1. The molecule has 1 aliphatic carbocycles. The molecule has 7 nitrogen and oxygen atoms in total. The summed E-state index contributed by atoms with van der Waals surface area (Å²) in [5.41, 5.74) is -1.22. The Morgan fingerprint density at radius 2 is 1.89 bits per heavy atom. The number of carbonyl (C=O) groups is 3. The molecule has 4 rings (SSSR count). The molecule has 12 heteroatoms. The van der Waals surface area contributed by atoms with Crippen molar-refractivity contribution in [3.63, 3.8) is 0 Å². The number of amides is 2. The number of aromatic nitrogens is 1. The van der Waals surface area contributed by atoms with Crippen molar-refractivity contribution in [3.8, 4) is 0 Å². The van der Waals surface area contributed by atoms with Crippen molar-refractivity contribution < 1.29 is 36.7 Å². The van der Waals surface area contributed by atoms with Crippen molar-refractivity contribution in [3.05, 3.63) is 58.5 Å². The van der Waals surface area contributed by atoms with Gasteiger partial charge in [0.2, 0.25) is 5.91 Å². The number of piperazine rings is 1. The molecular formula is C25H24ClF4N3O4. The summed E-state index contributed by atoms with van der Waals surface area (Å²) in [6.07, 6.45) is -1.28. The summed E-state index contributed by atoms with van der Waals surface area (Å²) in [6.45, 7) is -0.633. The second-order valence-corrected chi connectivity index (χ2v) is 9.73. The van der Waals surface area contributed by atoms with Crippen LogP contribution < -0.4 is 4.90 Å². The highest BCUT2D eigenvalue weighted by atomic mass is 35.5. The summed E-state index contributed by atoms with van der Waals surface area (Å²) in [7, 11) is 1.25. The van der Waals surface area contributed by atoms with Crippen molar-refractivity contribution >= 4 is 35.2 Å². The Bertz CT molecular complexity index is 1200. The molecule has 2 heterocycles. The number of ether oxygens (including phenoxy) is 1. The number of alkyl halides is 3. The van der Waals surface area contributed by atoms with Gasteiger partial charge in [0, 0.05) is 24.6 Å². The third kappa shape index (κ3) is 5.41. The van der Waals surface area contributed by atoms with Crippen molar-refractivity contribution in [2.24, 2.45) is 5.41 Å². The van der Waals surface area contributed by atoms with Crippen LogP contribution in [-0.4, -0.2) is 47.4 Å². The summed E-state index contributed by atoms with van der Waals surface area (Å²) in [6, 6.07) is 4.25. The van der Waals surface area contributed by atoms with Gasteiger partial charge in [-0.2, -0.15) is 13.2 Å². The molecule has 2 amide bonds. The number of hydrogen-bond donors (Lipinski definition) is 0. The smallest absolute Gasteiger partial charge is 0.416 e. The maximum atomic E-state index is 14.7. The van der Waals surface area contributed by atoms with Crippen LogP contribution in [0.4, 0.5) is 23.4 Å². The van der Waals surface area contributed by atoms with Crippen LogP contribution in [0.15, 0.2) is 36.5 Å². The second-order valence-electron chi connectivity index (χ2n) is 9.29. The molecule has 0 bridgehead atoms. The lowest BCUT2D eigenvalue weighted by molar-refractivity contribution is -0.155. The molecule has 1 unspecified atom stereocenters. The first-order chi connectivity index (χ1) is 17.4. The lowest BCUT2D eigenvalue weighted by Gasteiger charge is -2.53. The fourth-order valence-electron chi connectivity index (χ4n) is 5.03. The summed E-state index contributed by atoms with van der Waals surface area (Å²) < 4.78 is 58.5. The maximum Gasteiger partial charge on any atom is 0.416 e. The van der Waals surface area contributed by atoms with Crippen LogP contribution in [-0.2, 0) is 31.8 Å². The third-order valence-electron chi connectivity index (χ3n) is 7.09. The van der Waals surface area contributed by atoms with Crippen LogP contribution in [0.1, 0.15) is 43.2 Å². The number of benzene rings is 1. The molecule has 0 radical (unpaired) electrons. The van der Waals surface area contributed by atoms with Gasteiger partial charge >= 0.3 is 12.1 Å². The van der Waals surface area contributed by atoms with Gasteiger partial charge in [-0.15, -0.1) is 0 Å². The summed E-state index contributed by atoms with van der Waals surface area (Å²) in [5, 5.41) is 0.0195. The van der Waals surface area contributed by atoms with Crippen LogP contribution in [0.2, 0.25) is 5.02 Å². The molecule has 1 saturated carbocycles. The first-order valence-corrected chi connectivity index (χ1v) is 12.0. The Morgan fingerprint density at radius 1 is 1.22 bits per heavy atom. The van der Waals surface area contributed by atoms with E-state index in [1.165, 1.54) is 24.1 Å². The van der Waals surface area contributed by atoms with Crippen LogP contribution in [0.5, 0.6) is 0 Å². The van der Waals surface area contributed by atoms with Gasteiger partial charge in [0.1, 0.15) is 12.6 Å². The van der Waals surface area contributed by atoms with E-state index in [4.69, 9.17) is 16.3 Å². The minimum Gasteiger partial charge on any atom is -0.469 e. The van der Waals surface area contributed by atoms with Crippen molar-refractivity contribution in [1.82, 2.24) is 9.88 Å². The average Bonchev–Trinajstić information content (AvgIpc) is 2.81. The van der Waals surface area contributed by atoms with Crippen molar-refractivity contribution in [2.75, 3.05) is 18.6 Å². The number of anilines is 1. The first kappa shape index (κ1) is 26.8. The Morgan fingerprint density at radius 3 is 2.43 bits per heavy atom. The number of hydrogen-bond acceptors (Lipinski definition) is 5. The molecular weight excluding hydrogens is 518 g/mol. The number of pyridine rings is 1. The van der Waals surface area contributed by atoms with E-state index < -0.39 is 53.3 Å². The van der Waals surface area contributed by atoms with Gasteiger partial charge in [-0.3, -0.25) is 19.3 Å². The molecule has 1 aliphatic heterocycles. The predicted molar refractivity (Wildman–Crippen MR) is 125 cm³/mol. The zero-order chi connectivity index (χ0) is 27.0. The molecule has 1 atom stereocenters. The van der Waals surface area contributed by atoms with Gasteiger partial charge in [-0.1, -0.05) is 30.2 Å². The van der Waals surface area contributed by atoms with Crippen molar-refractivity contribution in [1.29, 1.82) is 0 Å². The first-order valence-electron chi connectivity index (χ1n) is 11.6. The highest BCUT2D eigenvalue weighted by molar-refractivity contribution is 6.30. The monoisotopic (exact) mass is 541 g/mol. The Labute approximate surface area is 215 Å². The van der Waals surface area contributed by atoms with Gasteiger partial charge in [0.25, 0.3) is 5.91 Å². The lowest BCUT2D eigenvalue weighted by atomic mass is 9.60. The number of nitrogens with zero attached hydrogens (tertiary/aromatic N) is 3. The molecule has 0 N–H and O–H groups in total. The fourth-order valence-corrected chi connectivity index (χ4v) is 5.17. The van der Waals surface area contributed by atoms with Crippen LogP contribution in [0.25, 0.3) is 0 Å². The van der Waals surface area contributed by atoms with Gasteiger partial charge in [-0.25, -0.2) is 9.37 Å². The topological polar surface area (TPSA) is 79.8 Å². The number of halogens is 5. The molecule has 1 saturated heterocycles. The zero-order valence-corrected chi connectivity index (χ0v) is 20.6. The molecule has 1 aromatic carbocycles. The van der Waals surface area contributed by atoms with E-state index in [1.54, 1.807) is 0 Å². The van der Waals surface area contributed by atoms with E-state index in [-0.39, 0.29) is 30.2 Å². The average molecular weight is 542 g/mol. The minimum atomic E-state index is -4.52. The van der Waals surface area contributed by atoms with Gasteiger partial charge in [-0.05, 0) is 43.0 Å². The van der Waals surface area contributed by atoms with Crippen LogP contribution in [0, 0.1) is 11.2 Å². The Balaban J connectivity index is 1.70. The standard InChI is InChI=1S/C25H24ClF4N3O4/c1-37-20(35)7-10-24(8-2-9-24)21-23(36)33(22-18(27)11-17(26)12-31-22)14-19(34)32(21)13-15-3-5-16(6-4-15)25(28,29)30/h3-6,11-12,21H,2,7-10,13-14H2,1H3. The van der Waals surface area contributed by atoms with E-state index in [2.05, 4.69) is 4.98 Å². The van der Waals surface area contributed by atoms with Crippen molar-refractivity contribution in [2.45, 2.75) is 50.9 Å². The highest BCUT2D eigenvalue weighted by Crippen LogP contribution is 2.51. The molecule has 2 fully saturated rings. The minimum absolute atomic E-state index is 0.0101. The number of rotatable bonds is 7. The molecule has 1 aromatic heterocycles. The van der Waals surface area contributed by atoms with E-state index in [9.17, 15) is 31.9 Å². The molecule has 0 spiro atoms. The predicted octanol–water partition coefficient (Wildman–Crippen LogP) is 4.76. The quantitative estimate of drug-likeness (QED) is 0.373. The molecule has 2 aromatic rings. The number of esters is 1. The molecule has 2 aliphatic rings. The normalized spacial score (nSPS) is 19.6. The third-order valence-corrected chi connectivity index (χ3v) is 7.29. The Hall–Kier alpha value is -3.21.